The van der Waals surface area contributed by atoms with E-state index in [0.29, 0.717) is 5.56 Å². The molecule has 0 aromatic carbocycles. The minimum Gasteiger partial charge on any atom is -0.313 e. The van der Waals surface area contributed by atoms with Crippen LogP contribution in [-0.2, 0) is 7.05 Å². The van der Waals surface area contributed by atoms with E-state index in [1.807, 2.05) is 0 Å². The summed E-state index contributed by atoms with van der Waals surface area (Å²) in [6.45, 7) is 0. The molecule has 2 rings (SSSR count). The molecule has 13 heavy (non-hydrogen) atoms. The molecule has 66 valence electrons. The summed E-state index contributed by atoms with van der Waals surface area (Å²) < 4.78 is 1.64. The zero-order valence-electron chi connectivity index (χ0n) is 7.06. The Morgan fingerprint density at radius 1 is 1.46 bits per heavy atom. The fourth-order valence-electron chi connectivity index (χ4n) is 1.11. The highest BCUT2D eigenvalue weighted by molar-refractivity contribution is 5.58. The number of nitrogens with zero attached hydrogens (tertiary/aromatic N) is 3. The zero-order valence-corrected chi connectivity index (χ0v) is 7.06. The van der Waals surface area contributed by atoms with Gasteiger partial charge in [-0.05, 0) is 0 Å². The molecule has 0 unspecified atom stereocenters. The number of hydrogen-bond acceptors (Lipinski definition) is 3. The number of nitrogens with one attached hydrogen (secondary N) is 1. The van der Waals surface area contributed by atoms with Gasteiger partial charge in [0.25, 0.3) is 5.56 Å². The summed E-state index contributed by atoms with van der Waals surface area (Å²) in [7, 11) is 1.80. The molecular formula is C8H8N4O. The first kappa shape index (κ1) is 7.72. The van der Waals surface area contributed by atoms with Gasteiger partial charge in [0.1, 0.15) is 0 Å². The summed E-state index contributed by atoms with van der Waals surface area (Å²) in [5.74, 6) is 0. The second-order valence-electron chi connectivity index (χ2n) is 2.70. The summed E-state index contributed by atoms with van der Waals surface area (Å²) in [5.41, 5.74) is 1.16. The van der Waals surface area contributed by atoms with Gasteiger partial charge in [-0.1, -0.05) is 0 Å². The highest BCUT2D eigenvalue weighted by atomic mass is 16.1. The molecule has 2 aromatic heterocycles. The van der Waals surface area contributed by atoms with Crippen LogP contribution in [0.25, 0.3) is 11.1 Å². The van der Waals surface area contributed by atoms with Crippen molar-refractivity contribution in [3.63, 3.8) is 0 Å². The number of aryl methyl sites for hydroxylation is 1. The van der Waals surface area contributed by atoms with Gasteiger partial charge in [-0.15, -0.1) is 0 Å². The minimum absolute atomic E-state index is 0.150. The van der Waals surface area contributed by atoms with E-state index in [-0.39, 0.29) is 5.56 Å². The molecule has 0 aliphatic carbocycles. The first-order valence-corrected chi connectivity index (χ1v) is 3.79. The van der Waals surface area contributed by atoms with Crippen molar-refractivity contribution in [2.75, 3.05) is 0 Å². The number of rotatable bonds is 1. The second kappa shape index (κ2) is 2.85. The number of H-pyrrole nitrogens is 1. The lowest BCUT2D eigenvalue weighted by molar-refractivity contribution is 0.768. The van der Waals surface area contributed by atoms with Crippen molar-refractivity contribution >= 4 is 0 Å². The third kappa shape index (κ3) is 1.35. The number of aromatic nitrogens is 4. The molecule has 0 saturated heterocycles. The first-order chi connectivity index (χ1) is 6.27. The molecule has 0 radical (unpaired) electrons. The maximum absolute atomic E-state index is 11.3. The van der Waals surface area contributed by atoms with E-state index in [2.05, 4.69) is 15.1 Å². The van der Waals surface area contributed by atoms with E-state index < -0.39 is 0 Å². The Bertz CT molecular complexity index is 471. The van der Waals surface area contributed by atoms with Gasteiger partial charge in [0.2, 0.25) is 0 Å². The quantitative estimate of drug-likeness (QED) is 0.673. The molecule has 0 saturated carbocycles. The zero-order chi connectivity index (χ0) is 9.26. The molecule has 1 N–H and O–H groups in total. The Balaban J connectivity index is 2.59. The molecule has 0 spiro atoms. The van der Waals surface area contributed by atoms with Crippen LogP contribution >= 0.6 is 0 Å². The average molecular weight is 176 g/mol. The summed E-state index contributed by atoms with van der Waals surface area (Å²) in [6, 6.07) is 0. The fourth-order valence-corrected chi connectivity index (χ4v) is 1.11. The van der Waals surface area contributed by atoms with E-state index >= 15 is 0 Å². The van der Waals surface area contributed by atoms with E-state index in [4.69, 9.17) is 0 Å². The van der Waals surface area contributed by atoms with Crippen LogP contribution in [0.15, 0.2) is 29.7 Å². The molecule has 5 heteroatoms. The van der Waals surface area contributed by atoms with Crippen molar-refractivity contribution in [1.82, 2.24) is 19.7 Å². The summed E-state index contributed by atoms with van der Waals surface area (Å²) >= 11 is 0. The Hall–Kier alpha value is -1.91. The highest BCUT2D eigenvalue weighted by Gasteiger charge is 2.03. The smallest absolute Gasteiger partial charge is 0.258 e. The second-order valence-corrected chi connectivity index (χ2v) is 2.70. The van der Waals surface area contributed by atoms with E-state index in [1.165, 1.54) is 12.5 Å². The normalized spacial score (nSPS) is 10.2. The molecule has 0 fully saturated rings. The third-order valence-electron chi connectivity index (χ3n) is 1.73. The Morgan fingerprint density at radius 3 is 2.92 bits per heavy atom. The number of aromatic amines is 1. The number of hydrogen-bond donors (Lipinski definition) is 1. The first-order valence-electron chi connectivity index (χ1n) is 3.79. The Kier molecular flexibility index (Phi) is 1.70. The minimum atomic E-state index is -0.150. The van der Waals surface area contributed by atoms with E-state index in [1.54, 1.807) is 24.1 Å². The molecule has 2 aromatic rings. The van der Waals surface area contributed by atoms with Crippen molar-refractivity contribution in [3.8, 4) is 11.1 Å². The van der Waals surface area contributed by atoms with Crippen molar-refractivity contribution in [2.24, 2.45) is 7.05 Å². The molecule has 0 atom stereocenters. The van der Waals surface area contributed by atoms with Crippen LogP contribution in [0, 0.1) is 0 Å². The van der Waals surface area contributed by atoms with Gasteiger partial charge in [0.05, 0.1) is 18.1 Å². The summed E-state index contributed by atoms with van der Waals surface area (Å²) in [6.07, 6.45) is 6.29. The van der Waals surface area contributed by atoms with Crippen LogP contribution in [0.2, 0.25) is 0 Å². The van der Waals surface area contributed by atoms with Crippen molar-refractivity contribution in [3.05, 3.63) is 35.3 Å². The van der Waals surface area contributed by atoms with Gasteiger partial charge < -0.3 is 4.98 Å². The maximum Gasteiger partial charge on any atom is 0.258 e. The summed E-state index contributed by atoms with van der Waals surface area (Å²) in [4.78, 5) is 17.6. The average Bonchev–Trinajstić information content (AvgIpc) is 2.53. The van der Waals surface area contributed by atoms with Gasteiger partial charge in [0.15, 0.2) is 0 Å². The molecule has 0 amide bonds. The lowest BCUT2D eigenvalue weighted by Crippen LogP contribution is -2.07. The van der Waals surface area contributed by atoms with Gasteiger partial charge in [-0.3, -0.25) is 9.48 Å². The van der Waals surface area contributed by atoms with Gasteiger partial charge in [-0.25, -0.2) is 4.98 Å². The monoisotopic (exact) mass is 176 g/mol. The SMILES string of the molecule is Cn1cc(-c2cnc[nH]c2=O)cn1. The topological polar surface area (TPSA) is 63.6 Å². The molecule has 2 heterocycles. The predicted molar refractivity (Wildman–Crippen MR) is 47.1 cm³/mol. The van der Waals surface area contributed by atoms with Crippen LogP contribution < -0.4 is 5.56 Å². The molecule has 5 nitrogen and oxygen atoms in total. The lowest BCUT2D eigenvalue weighted by atomic mass is 10.2. The molecule has 0 aliphatic heterocycles. The van der Waals surface area contributed by atoms with Gasteiger partial charge >= 0.3 is 0 Å². The van der Waals surface area contributed by atoms with Crippen LogP contribution in [-0.4, -0.2) is 19.7 Å². The fraction of sp³-hybridized carbons (Fsp3) is 0.125. The van der Waals surface area contributed by atoms with Crippen LogP contribution in [0.4, 0.5) is 0 Å². The Morgan fingerprint density at radius 2 is 2.31 bits per heavy atom. The molecular weight excluding hydrogens is 168 g/mol. The summed E-state index contributed by atoms with van der Waals surface area (Å²) in [5, 5.41) is 3.97. The van der Waals surface area contributed by atoms with Crippen molar-refractivity contribution < 1.29 is 0 Å². The molecule has 0 aliphatic rings. The Labute approximate surface area is 74.1 Å². The third-order valence-corrected chi connectivity index (χ3v) is 1.73. The lowest BCUT2D eigenvalue weighted by Gasteiger charge is -1.91. The largest absolute Gasteiger partial charge is 0.313 e. The van der Waals surface area contributed by atoms with Gasteiger partial charge in [-0.2, -0.15) is 5.10 Å². The van der Waals surface area contributed by atoms with Crippen LogP contribution in [0.5, 0.6) is 0 Å². The molecule has 0 bridgehead atoms. The van der Waals surface area contributed by atoms with E-state index in [0.717, 1.165) is 5.56 Å². The van der Waals surface area contributed by atoms with Crippen LogP contribution in [0.3, 0.4) is 0 Å². The standard InChI is InChI=1S/C8H8N4O/c1-12-4-6(2-11-12)7-3-9-5-10-8(7)13/h2-5H,1H3,(H,9,10,13). The van der Waals surface area contributed by atoms with Crippen molar-refractivity contribution in [2.45, 2.75) is 0 Å². The van der Waals surface area contributed by atoms with Crippen LogP contribution in [0.1, 0.15) is 0 Å². The predicted octanol–water partition coefficient (Wildman–Crippen LogP) is 0.170. The van der Waals surface area contributed by atoms with E-state index in [9.17, 15) is 4.79 Å². The highest BCUT2D eigenvalue weighted by Crippen LogP contribution is 2.10. The van der Waals surface area contributed by atoms with Gasteiger partial charge in [0, 0.05) is 25.0 Å². The van der Waals surface area contributed by atoms with Crippen molar-refractivity contribution in [1.29, 1.82) is 0 Å². The maximum atomic E-state index is 11.3.